The number of carbonyl (C=O) groups is 3. The van der Waals surface area contributed by atoms with E-state index < -0.39 is 6.10 Å². The molecule has 0 radical (unpaired) electrons. The molecule has 6 nitrogen and oxygen atoms in total. The van der Waals surface area contributed by atoms with Crippen LogP contribution in [-0.2, 0) is 28.6 Å². The van der Waals surface area contributed by atoms with Gasteiger partial charge in [0.2, 0.25) is 0 Å². The Morgan fingerprint density at radius 3 is 0.821 bits per heavy atom. The summed E-state index contributed by atoms with van der Waals surface area (Å²) < 4.78 is 16.9. The van der Waals surface area contributed by atoms with Crippen LogP contribution in [0.1, 0.15) is 361 Å². The molecule has 1 unspecified atom stereocenters. The van der Waals surface area contributed by atoms with E-state index in [1.807, 2.05) is 0 Å². The largest absolute Gasteiger partial charge is 0.462 e. The summed E-state index contributed by atoms with van der Waals surface area (Å²) in [5.74, 6) is -0.897. The lowest BCUT2D eigenvalue weighted by Crippen LogP contribution is -2.30. The number of ether oxygens (including phenoxy) is 3. The second kappa shape index (κ2) is 66.6. The summed E-state index contributed by atoms with van der Waals surface area (Å²) in [6.45, 7) is 6.53. The van der Waals surface area contributed by atoms with E-state index in [1.54, 1.807) is 0 Å². The van der Waals surface area contributed by atoms with Crippen LogP contribution in [0.25, 0.3) is 0 Å². The molecule has 0 saturated carbocycles. The monoisotopic (exact) mass is 1090 g/mol. The molecule has 0 aliphatic carbocycles. The Kier molecular flexibility index (Phi) is 64.2. The third-order valence-electron chi connectivity index (χ3n) is 15.3. The molecule has 0 aliphatic rings. The van der Waals surface area contributed by atoms with Crippen LogP contribution < -0.4 is 0 Å². The predicted octanol–water partition coefficient (Wildman–Crippen LogP) is 23.5. The van der Waals surface area contributed by atoms with Gasteiger partial charge in [-0.2, -0.15) is 0 Å². The van der Waals surface area contributed by atoms with E-state index in [-0.39, 0.29) is 31.1 Å². The van der Waals surface area contributed by atoms with Gasteiger partial charge < -0.3 is 14.2 Å². The van der Waals surface area contributed by atoms with Gasteiger partial charge in [0.05, 0.1) is 0 Å². The summed E-state index contributed by atoms with van der Waals surface area (Å²) >= 11 is 0. The zero-order valence-electron chi connectivity index (χ0n) is 52.2. The van der Waals surface area contributed by atoms with E-state index in [4.69, 9.17) is 14.2 Å². The lowest BCUT2D eigenvalue weighted by molar-refractivity contribution is -0.167. The summed E-state index contributed by atoms with van der Waals surface area (Å²) in [5, 5.41) is 0. The molecule has 0 aromatic heterocycles. The molecule has 0 saturated heterocycles. The van der Waals surface area contributed by atoms with Crippen molar-refractivity contribution < 1.29 is 28.6 Å². The van der Waals surface area contributed by atoms with E-state index in [0.717, 1.165) is 89.9 Å². The number of hydrogen-bond donors (Lipinski definition) is 0. The van der Waals surface area contributed by atoms with Crippen molar-refractivity contribution in [1.82, 2.24) is 0 Å². The van der Waals surface area contributed by atoms with E-state index in [0.29, 0.717) is 19.3 Å². The maximum absolute atomic E-state index is 12.9. The molecule has 0 bridgehead atoms. The molecule has 78 heavy (non-hydrogen) atoms. The van der Waals surface area contributed by atoms with Gasteiger partial charge in [0.15, 0.2) is 6.10 Å². The molecule has 0 heterocycles. The first-order valence-corrected chi connectivity index (χ1v) is 34.3. The molecular formula is C72H130O6. The van der Waals surface area contributed by atoms with Crippen LogP contribution in [0.5, 0.6) is 0 Å². The van der Waals surface area contributed by atoms with Crippen LogP contribution >= 0.6 is 0 Å². The summed E-state index contributed by atoms with van der Waals surface area (Å²) in [7, 11) is 0. The quantitative estimate of drug-likeness (QED) is 0.0261. The maximum Gasteiger partial charge on any atom is 0.306 e. The number of carbonyl (C=O) groups excluding carboxylic acids is 3. The minimum absolute atomic E-state index is 0.0822. The molecule has 0 amide bonds. The minimum Gasteiger partial charge on any atom is -0.462 e. The molecule has 0 spiro atoms. The van der Waals surface area contributed by atoms with Gasteiger partial charge in [-0.1, -0.05) is 319 Å². The first-order chi connectivity index (χ1) is 38.5. The van der Waals surface area contributed by atoms with Crippen molar-refractivity contribution in [2.75, 3.05) is 13.2 Å². The molecular weight excluding hydrogens is 961 g/mol. The third-order valence-corrected chi connectivity index (χ3v) is 15.3. The van der Waals surface area contributed by atoms with Crippen LogP contribution in [0.2, 0.25) is 0 Å². The number of esters is 3. The van der Waals surface area contributed by atoms with Crippen LogP contribution in [0.15, 0.2) is 60.8 Å². The lowest BCUT2D eigenvalue weighted by Gasteiger charge is -2.18. The average molecular weight is 1090 g/mol. The second-order valence-corrected chi connectivity index (χ2v) is 23.1. The van der Waals surface area contributed by atoms with E-state index in [2.05, 4.69) is 81.5 Å². The fraction of sp³-hybridized carbons (Fsp3) is 0.819. The Labute approximate surface area is 485 Å². The van der Waals surface area contributed by atoms with Crippen molar-refractivity contribution in [1.29, 1.82) is 0 Å². The number of allylic oxidation sites excluding steroid dienone is 10. The Bertz CT molecular complexity index is 1390. The zero-order chi connectivity index (χ0) is 56.4. The third kappa shape index (κ3) is 63.9. The van der Waals surface area contributed by atoms with Gasteiger partial charge in [-0.3, -0.25) is 14.4 Å². The van der Waals surface area contributed by atoms with Gasteiger partial charge in [0.25, 0.3) is 0 Å². The standard InChI is InChI=1S/C72H130O6/c1-4-7-10-13-16-19-22-25-27-29-31-32-33-34-35-36-37-38-39-41-42-44-47-50-53-56-59-62-65-71(74)77-68-69(67-76-70(73)64-61-58-55-52-49-46-24-21-18-15-12-9-6-3)78-72(75)66-63-60-57-54-51-48-45-43-40-30-28-26-23-20-17-14-11-8-5-2/h9,12,17-18,20-21,26,28,46,49,69H,4-8,10-11,13-16,19,22-25,27,29-45,47-48,50-68H2,1-3H3/b12-9-,20-17-,21-18-,28-26-,49-46-. The molecule has 6 heteroatoms. The molecule has 0 fully saturated rings. The molecule has 1 atom stereocenters. The zero-order valence-corrected chi connectivity index (χ0v) is 52.2. The van der Waals surface area contributed by atoms with Crippen molar-refractivity contribution in [2.24, 2.45) is 0 Å². The fourth-order valence-corrected chi connectivity index (χ4v) is 10.1. The highest BCUT2D eigenvalue weighted by atomic mass is 16.6. The van der Waals surface area contributed by atoms with Gasteiger partial charge in [-0.25, -0.2) is 0 Å². The summed E-state index contributed by atoms with van der Waals surface area (Å²) in [4.78, 5) is 38.3. The molecule has 0 aromatic rings. The summed E-state index contributed by atoms with van der Waals surface area (Å²) in [5.41, 5.74) is 0. The lowest BCUT2D eigenvalue weighted by atomic mass is 10.0. The van der Waals surface area contributed by atoms with Gasteiger partial charge in [-0.05, 0) is 83.5 Å². The van der Waals surface area contributed by atoms with Crippen molar-refractivity contribution in [2.45, 2.75) is 367 Å². The molecule has 454 valence electrons. The van der Waals surface area contributed by atoms with Crippen molar-refractivity contribution in [3.8, 4) is 0 Å². The number of unbranched alkanes of at least 4 members (excludes halogenated alkanes) is 42. The minimum atomic E-state index is -0.788. The average Bonchev–Trinajstić information content (AvgIpc) is 3.44. The summed E-state index contributed by atoms with van der Waals surface area (Å²) in [6.07, 6.45) is 85.4. The Hall–Kier alpha value is -2.89. The van der Waals surface area contributed by atoms with Crippen molar-refractivity contribution >= 4 is 17.9 Å². The highest BCUT2D eigenvalue weighted by Gasteiger charge is 2.19. The van der Waals surface area contributed by atoms with E-state index in [1.165, 1.54) is 231 Å². The molecule has 0 rings (SSSR count). The highest BCUT2D eigenvalue weighted by molar-refractivity contribution is 5.71. The van der Waals surface area contributed by atoms with Crippen molar-refractivity contribution in [3.05, 3.63) is 60.8 Å². The smallest absolute Gasteiger partial charge is 0.306 e. The number of rotatable bonds is 63. The Balaban J connectivity index is 4.22. The highest BCUT2D eigenvalue weighted by Crippen LogP contribution is 2.18. The van der Waals surface area contributed by atoms with E-state index >= 15 is 0 Å². The second-order valence-electron chi connectivity index (χ2n) is 23.1. The van der Waals surface area contributed by atoms with Crippen molar-refractivity contribution in [3.63, 3.8) is 0 Å². The van der Waals surface area contributed by atoms with Gasteiger partial charge in [0, 0.05) is 19.3 Å². The molecule has 0 aliphatic heterocycles. The van der Waals surface area contributed by atoms with Crippen LogP contribution in [-0.4, -0.2) is 37.2 Å². The normalized spacial score (nSPS) is 12.4. The van der Waals surface area contributed by atoms with Gasteiger partial charge in [-0.15, -0.1) is 0 Å². The van der Waals surface area contributed by atoms with Crippen LogP contribution in [0, 0.1) is 0 Å². The van der Waals surface area contributed by atoms with E-state index in [9.17, 15) is 14.4 Å². The fourth-order valence-electron chi connectivity index (χ4n) is 10.1. The predicted molar refractivity (Wildman–Crippen MR) is 339 cm³/mol. The van der Waals surface area contributed by atoms with Gasteiger partial charge in [0.1, 0.15) is 13.2 Å². The number of hydrogen-bond acceptors (Lipinski definition) is 6. The van der Waals surface area contributed by atoms with Gasteiger partial charge >= 0.3 is 17.9 Å². The first-order valence-electron chi connectivity index (χ1n) is 34.3. The Morgan fingerprint density at radius 2 is 0.500 bits per heavy atom. The molecule has 0 aromatic carbocycles. The Morgan fingerprint density at radius 1 is 0.269 bits per heavy atom. The summed E-state index contributed by atoms with van der Waals surface area (Å²) in [6, 6.07) is 0. The van der Waals surface area contributed by atoms with Crippen LogP contribution in [0.4, 0.5) is 0 Å². The first kappa shape index (κ1) is 75.1. The molecule has 0 N–H and O–H groups in total. The SMILES string of the molecule is CC/C=C\C/C=C\C/C=C\CCCCCC(=O)OCC(COC(=O)CCCCCCCCCCCCCCCCCCCCCCCCCCCCCC)OC(=O)CCCCCCCCCCC/C=C\C/C=C\CCCCC. The van der Waals surface area contributed by atoms with Crippen LogP contribution in [0.3, 0.4) is 0 Å². The topological polar surface area (TPSA) is 78.9 Å². The maximum atomic E-state index is 12.9.